The lowest BCUT2D eigenvalue weighted by Gasteiger charge is -2.13. The van der Waals surface area contributed by atoms with Crippen LogP contribution in [0.15, 0.2) is 36.4 Å². The maximum atomic E-state index is 12.9. The van der Waals surface area contributed by atoms with Crippen molar-refractivity contribution in [3.8, 4) is 0 Å². The Kier molecular flexibility index (Phi) is 5.48. The van der Waals surface area contributed by atoms with Crippen LogP contribution in [0.2, 0.25) is 0 Å². The van der Waals surface area contributed by atoms with Gasteiger partial charge >= 0.3 is 6.18 Å². The molecule has 0 aliphatic carbocycles. The number of fused-ring (bicyclic) bond motifs is 1. The molecular formula is C20H14F3N3O3S2. The van der Waals surface area contributed by atoms with E-state index >= 15 is 0 Å². The van der Waals surface area contributed by atoms with Crippen molar-refractivity contribution in [1.29, 1.82) is 0 Å². The van der Waals surface area contributed by atoms with Gasteiger partial charge in [0.25, 0.3) is 11.1 Å². The highest BCUT2D eigenvalue weighted by atomic mass is 32.2. The van der Waals surface area contributed by atoms with Gasteiger partial charge in [-0.3, -0.25) is 19.3 Å². The number of hydrogen-bond donors (Lipinski definition) is 1. The molecular weight excluding hydrogens is 451 g/mol. The number of hydrogen-bond acceptors (Lipinski definition) is 6. The molecule has 1 aromatic carbocycles. The zero-order chi connectivity index (χ0) is 22.3. The maximum absolute atomic E-state index is 12.9. The number of thioether (sulfide) groups is 1. The third-order valence-electron chi connectivity index (χ3n) is 4.69. The maximum Gasteiger partial charge on any atom is 0.433 e. The van der Waals surface area contributed by atoms with Crippen molar-refractivity contribution >= 4 is 56.1 Å². The van der Waals surface area contributed by atoms with Crippen molar-refractivity contribution in [1.82, 2.24) is 9.88 Å². The molecule has 0 saturated carbocycles. The summed E-state index contributed by atoms with van der Waals surface area (Å²) in [7, 11) is 0. The molecule has 2 aromatic heterocycles. The van der Waals surface area contributed by atoms with E-state index in [1.807, 2.05) is 0 Å². The highest BCUT2D eigenvalue weighted by Crippen LogP contribution is 2.34. The number of amides is 3. The van der Waals surface area contributed by atoms with Gasteiger partial charge in [0.1, 0.15) is 10.5 Å². The Hall–Kier alpha value is -2.92. The van der Waals surface area contributed by atoms with Gasteiger partial charge in [-0.05, 0) is 42.3 Å². The molecule has 1 saturated heterocycles. The summed E-state index contributed by atoms with van der Waals surface area (Å²) < 4.78 is 38.7. The molecule has 1 fully saturated rings. The normalized spacial score (nSPS) is 14.5. The van der Waals surface area contributed by atoms with Crippen LogP contribution in [-0.4, -0.2) is 32.7 Å². The molecule has 4 rings (SSSR count). The number of imide groups is 1. The Morgan fingerprint density at radius 3 is 2.48 bits per heavy atom. The van der Waals surface area contributed by atoms with Crippen LogP contribution in [0.3, 0.4) is 0 Å². The van der Waals surface area contributed by atoms with E-state index in [1.165, 1.54) is 11.0 Å². The molecule has 1 aliphatic heterocycles. The molecule has 3 aromatic rings. The Morgan fingerprint density at radius 2 is 1.87 bits per heavy atom. The van der Waals surface area contributed by atoms with Crippen LogP contribution in [-0.2, 0) is 17.5 Å². The van der Waals surface area contributed by atoms with Crippen LogP contribution >= 0.6 is 23.1 Å². The van der Waals surface area contributed by atoms with Gasteiger partial charge in [-0.25, -0.2) is 4.98 Å². The van der Waals surface area contributed by atoms with E-state index in [0.29, 0.717) is 16.6 Å². The van der Waals surface area contributed by atoms with Gasteiger partial charge in [-0.1, -0.05) is 23.9 Å². The third-order valence-corrected chi connectivity index (χ3v) is 6.75. The number of nitrogens with one attached hydrogen (secondary N) is 1. The highest BCUT2D eigenvalue weighted by molar-refractivity contribution is 8.14. The van der Waals surface area contributed by atoms with Gasteiger partial charge in [0.15, 0.2) is 0 Å². The van der Waals surface area contributed by atoms with Crippen molar-refractivity contribution in [2.45, 2.75) is 19.6 Å². The average molecular weight is 465 g/mol. The number of pyridine rings is 1. The summed E-state index contributed by atoms with van der Waals surface area (Å²) in [6.45, 7) is 1.81. The fourth-order valence-corrected chi connectivity index (χ4v) is 4.87. The van der Waals surface area contributed by atoms with Crippen LogP contribution in [0.5, 0.6) is 0 Å². The molecule has 0 spiro atoms. The van der Waals surface area contributed by atoms with Gasteiger partial charge < -0.3 is 5.32 Å². The fourth-order valence-electron chi connectivity index (χ4n) is 3.07. The number of benzene rings is 1. The van der Waals surface area contributed by atoms with Gasteiger partial charge in [0.05, 0.1) is 17.2 Å². The largest absolute Gasteiger partial charge is 0.433 e. The molecule has 0 bridgehead atoms. The summed E-state index contributed by atoms with van der Waals surface area (Å²) in [6.07, 6.45) is -4.56. The van der Waals surface area contributed by atoms with E-state index in [1.54, 1.807) is 31.2 Å². The molecule has 1 aliphatic rings. The fraction of sp³-hybridized carbons (Fsp3) is 0.200. The lowest BCUT2D eigenvalue weighted by molar-refractivity contribution is -0.141. The van der Waals surface area contributed by atoms with E-state index < -0.39 is 17.8 Å². The van der Waals surface area contributed by atoms with Crippen LogP contribution < -0.4 is 5.32 Å². The smallest absolute Gasteiger partial charge is 0.321 e. The topological polar surface area (TPSA) is 79.4 Å². The summed E-state index contributed by atoms with van der Waals surface area (Å²) in [4.78, 5) is 41.3. The van der Waals surface area contributed by atoms with Gasteiger partial charge in [0.2, 0.25) is 5.91 Å². The van der Waals surface area contributed by atoms with Crippen LogP contribution in [0.25, 0.3) is 10.2 Å². The monoisotopic (exact) mass is 465 g/mol. The molecule has 6 nitrogen and oxygen atoms in total. The number of nitrogens with zero attached hydrogens (tertiary/aromatic N) is 2. The van der Waals surface area contributed by atoms with E-state index in [4.69, 9.17) is 0 Å². The van der Waals surface area contributed by atoms with E-state index in [0.717, 1.165) is 34.7 Å². The van der Waals surface area contributed by atoms with Crippen molar-refractivity contribution < 1.29 is 27.6 Å². The minimum atomic E-state index is -4.56. The number of carbonyl (C=O) groups excluding carboxylic acids is 3. The summed E-state index contributed by atoms with van der Waals surface area (Å²) in [6, 6.07) is 8.86. The Labute approximate surface area is 182 Å². The summed E-state index contributed by atoms with van der Waals surface area (Å²) in [5.74, 6) is -0.557. The minimum absolute atomic E-state index is 0.140. The molecule has 11 heteroatoms. The summed E-state index contributed by atoms with van der Waals surface area (Å²) in [5, 5.41) is 2.92. The number of aryl methyl sites for hydroxylation is 1. The van der Waals surface area contributed by atoms with Crippen LogP contribution in [0.1, 0.15) is 26.5 Å². The molecule has 31 heavy (non-hydrogen) atoms. The SMILES string of the molecule is Cc1c(C(=O)Nc2ccc(CN3C(=O)CSC3=O)cc2)sc2nc(C(F)(F)F)ccc12. The van der Waals surface area contributed by atoms with E-state index in [2.05, 4.69) is 10.3 Å². The first-order valence-electron chi connectivity index (χ1n) is 8.98. The Morgan fingerprint density at radius 1 is 1.16 bits per heavy atom. The minimum Gasteiger partial charge on any atom is -0.321 e. The van der Waals surface area contributed by atoms with E-state index in [-0.39, 0.29) is 33.2 Å². The molecule has 1 N–H and O–H groups in total. The molecule has 0 radical (unpaired) electrons. The van der Waals surface area contributed by atoms with Crippen molar-refractivity contribution in [3.05, 3.63) is 58.1 Å². The third kappa shape index (κ3) is 4.28. The summed E-state index contributed by atoms with van der Waals surface area (Å²) >= 11 is 1.86. The second-order valence-electron chi connectivity index (χ2n) is 6.79. The molecule has 0 unspecified atom stereocenters. The second kappa shape index (κ2) is 7.97. The predicted molar refractivity (Wildman–Crippen MR) is 112 cm³/mol. The molecule has 0 atom stereocenters. The first-order valence-corrected chi connectivity index (χ1v) is 10.8. The predicted octanol–water partition coefficient (Wildman–Crippen LogP) is 5.07. The van der Waals surface area contributed by atoms with E-state index in [9.17, 15) is 27.6 Å². The van der Waals surface area contributed by atoms with Crippen molar-refractivity contribution in [2.24, 2.45) is 0 Å². The second-order valence-corrected chi connectivity index (χ2v) is 8.71. The number of anilines is 1. The lowest BCUT2D eigenvalue weighted by Crippen LogP contribution is -2.27. The quantitative estimate of drug-likeness (QED) is 0.582. The molecule has 160 valence electrons. The van der Waals surface area contributed by atoms with Gasteiger partial charge in [-0.15, -0.1) is 11.3 Å². The summed E-state index contributed by atoms with van der Waals surface area (Å²) in [5.41, 5.74) is 0.753. The molecule has 3 amide bonds. The Balaban J connectivity index is 1.50. The number of alkyl halides is 3. The van der Waals surface area contributed by atoms with Gasteiger partial charge in [0, 0.05) is 11.1 Å². The van der Waals surface area contributed by atoms with Gasteiger partial charge in [-0.2, -0.15) is 13.2 Å². The zero-order valence-corrected chi connectivity index (χ0v) is 17.6. The first-order chi connectivity index (χ1) is 14.6. The highest BCUT2D eigenvalue weighted by Gasteiger charge is 2.33. The van der Waals surface area contributed by atoms with Crippen molar-refractivity contribution in [3.63, 3.8) is 0 Å². The van der Waals surface area contributed by atoms with Crippen molar-refractivity contribution in [2.75, 3.05) is 11.1 Å². The number of rotatable bonds is 4. The first kappa shape index (κ1) is 21.3. The standard InChI is InChI=1S/C20H14F3N3O3S2/c1-10-13-6-7-14(20(21,22)23)25-18(13)31-16(10)17(28)24-12-4-2-11(3-5-12)8-26-15(27)9-30-19(26)29/h2-7H,8-9H2,1H3,(H,24,28). The number of carbonyl (C=O) groups is 3. The number of halogens is 3. The number of aromatic nitrogens is 1. The Bertz CT molecular complexity index is 1190. The van der Waals surface area contributed by atoms with Crippen LogP contribution in [0, 0.1) is 6.92 Å². The zero-order valence-electron chi connectivity index (χ0n) is 15.9. The lowest BCUT2D eigenvalue weighted by atomic mass is 10.1. The average Bonchev–Trinajstić information content (AvgIpc) is 3.22. The van der Waals surface area contributed by atoms with Crippen LogP contribution in [0.4, 0.5) is 23.7 Å². The molecule has 3 heterocycles. The number of thiophene rings is 1.